The molecule has 7 nitrogen and oxygen atoms in total. The molecular formula is C13H23NO6. The summed E-state index contributed by atoms with van der Waals surface area (Å²) >= 11 is 0. The van der Waals surface area contributed by atoms with E-state index in [2.05, 4.69) is 5.32 Å². The minimum Gasteiger partial charge on any atom is -0.388 e. The third kappa shape index (κ3) is 2.96. The average Bonchev–Trinajstić information content (AvgIpc) is 2.72. The molecule has 2 fully saturated rings. The van der Waals surface area contributed by atoms with Crippen LogP contribution in [0.25, 0.3) is 0 Å². The van der Waals surface area contributed by atoms with E-state index in [-0.39, 0.29) is 19.1 Å². The number of nitrogens with one attached hydrogen (secondary N) is 1. The van der Waals surface area contributed by atoms with Gasteiger partial charge in [0, 0.05) is 6.92 Å². The molecule has 0 spiro atoms. The van der Waals surface area contributed by atoms with E-state index < -0.39 is 35.7 Å². The Morgan fingerprint density at radius 1 is 1.45 bits per heavy atom. The number of carbonyl (C=O) groups excluding carboxylic acids is 1. The molecule has 2 saturated heterocycles. The molecule has 7 heteroatoms. The quantitative estimate of drug-likeness (QED) is 0.626. The fraction of sp³-hybridized carbons (Fsp3) is 0.923. The highest BCUT2D eigenvalue weighted by Crippen LogP contribution is 2.37. The average molecular weight is 289 g/mol. The third-order valence-corrected chi connectivity index (χ3v) is 3.49. The number of rotatable bonds is 3. The van der Waals surface area contributed by atoms with Crippen LogP contribution >= 0.6 is 0 Å². The standard InChI is InChI=1S/C13H23NO6/c1-7(15)14-8-9(16)10(17)13(5-18-11(8)20-13)6-19-12(2,3)4/h8-11,16-17H,5-6H2,1-4H3,(H,14,15)/t8-,9-,10-,11-,13-/m1/s1. The van der Waals surface area contributed by atoms with Gasteiger partial charge in [-0.05, 0) is 20.8 Å². The molecule has 0 radical (unpaired) electrons. The second-order valence-electron chi connectivity index (χ2n) is 6.42. The molecule has 2 bridgehead atoms. The van der Waals surface area contributed by atoms with Crippen LogP contribution in [0.3, 0.4) is 0 Å². The van der Waals surface area contributed by atoms with Crippen LogP contribution in [0.15, 0.2) is 0 Å². The Hall–Kier alpha value is -0.730. The lowest BCUT2D eigenvalue weighted by Gasteiger charge is -2.43. The number of ether oxygens (including phenoxy) is 3. The van der Waals surface area contributed by atoms with Crippen molar-refractivity contribution >= 4 is 5.91 Å². The Balaban J connectivity index is 2.10. The number of amides is 1. The van der Waals surface area contributed by atoms with Crippen LogP contribution in [0.2, 0.25) is 0 Å². The predicted octanol–water partition coefficient (Wildman–Crippen LogP) is -0.847. The van der Waals surface area contributed by atoms with Crippen LogP contribution in [0.4, 0.5) is 0 Å². The third-order valence-electron chi connectivity index (χ3n) is 3.49. The summed E-state index contributed by atoms with van der Waals surface area (Å²) in [7, 11) is 0. The van der Waals surface area contributed by atoms with Crippen LogP contribution < -0.4 is 5.32 Å². The monoisotopic (exact) mass is 289 g/mol. The Bertz CT molecular complexity index is 382. The molecule has 0 aliphatic carbocycles. The molecule has 0 saturated carbocycles. The lowest BCUT2D eigenvalue weighted by molar-refractivity contribution is -0.244. The zero-order valence-corrected chi connectivity index (χ0v) is 12.3. The Morgan fingerprint density at radius 3 is 2.65 bits per heavy atom. The van der Waals surface area contributed by atoms with E-state index in [9.17, 15) is 15.0 Å². The molecule has 5 atom stereocenters. The molecule has 1 amide bonds. The van der Waals surface area contributed by atoms with Crippen LogP contribution in [-0.4, -0.2) is 65.1 Å². The van der Waals surface area contributed by atoms with Gasteiger partial charge < -0.3 is 29.7 Å². The molecule has 3 N–H and O–H groups in total. The molecule has 0 unspecified atom stereocenters. The zero-order chi connectivity index (χ0) is 15.1. The number of fused-ring (bicyclic) bond motifs is 2. The van der Waals surface area contributed by atoms with Crippen LogP contribution in [0.5, 0.6) is 0 Å². The first-order valence-electron chi connectivity index (χ1n) is 6.71. The fourth-order valence-corrected chi connectivity index (χ4v) is 2.41. The summed E-state index contributed by atoms with van der Waals surface area (Å²) in [5, 5.41) is 23.0. The van der Waals surface area contributed by atoms with Crippen molar-refractivity contribution in [1.29, 1.82) is 0 Å². The second-order valence-corrected chi connectivity index (χ2v) is 6.42. The first-order chi connectivity index (χ1) is 9.15. The van der Waals surface area contributed by atoms with Gasteiger partial charge in [0.2, 0.25) is 5.91 Å². The van der Waals surface area contributed by atoms with E-state index in [0.717, 1.165) is 0 Å². The summed E-state index contributed by atoms with van der Waals surface area (Å²) in [4.78, 5) is 11.1. The maximum Gasteiger partial charge on any atom is 0.217 e. The minimum atomic E-state index is -1.19. The topological polar surface area (TPSA) is 97.3 Å². The second kappa shape index (κ2) is 5.23. The van der Waals surface area contributed by atoms with Crippen molar-refractivity contribution in [1.82, 2.24) is 5.32 Å². The van der Waals surface area contributed by atoms with Crippen LogP contribution in [-0.2, 0) is 19.0 Å². The molecule has 0 aromatic heterocycles. The van der Waals surface area contributed by atoms with Gasteiger partial charge in [-0.25, -0.2) is 0 Å². The molecule has 0 aromatic carbocycles. The van der Waals surface area contributed by atoms with Crippen LogP contribution in [0, 0.1) is 0 Å². The maximum absolute atomic E-state index is 11.1. The number of hydrogen-bond donors (Lipinski definition) is 3. The molecule has 2 heterocycles. The summed E-state index contributed by atoms with van der Waals surface area (Å²) < 4.78 is 16.8. The van der Waals surface area contributed by atoms with Crippen molar-refractivity contribution in [3.8, 4) is 0 Å². The normalized spacial score (nSPS) is 40.7. The largest absolute Gasteiger partial charge is 0.388 e. The zero-order valence-electron chi connectivity index (χ0n) is 12.3. The van der Waals surface area contributed by atoms with Crippen molar-refractivity contribution in [3.63, 3.8) is 0 Å². The predicted molar refractivity (Wildman–Crippen MR) is 68.9 cm³/mol. The molecule has 0 aromatic rings. The fourth-order valence-electron chi connectivity index (χ4n) is 2.41. The molecule has 20 heavy (non-hydrogen) atoms. The molecule has 116 valence electrons. The summed E-state index contributed by atoms with van der Waals surface area (Å²) in [5.74, 6) is -0.321. The minimum absolute atomic E-state index is 0.109. The molecule has 2 aliphatic rings. The Morgan fingerprint density at radius 2 is 2.10 bits per heavy atom. The van der Waals surface area contributed by atoms with E-state index in [0.29, 0.717) is 0 Å². The van der Waals surface area contributed by atoms with Gasteiger partial charge >= 0.3 is 0 Å². The van der Waals surface area contributed by atoms with Gasteiger partial charge in [0.1, 0.15) is 23.9 Å². The molecule has 2 aliphatic heterocycles. The number of hydrogen-bond acceptors (Lipinski definition) is 6. The summed E-state index contributed by atoms with van der Waals surface area (Å²) in [5.41, 5.74) is -1.48. The maximum atomic E-state index is 11.1. The van der Waals surface area contributed by atoms with Gasteiger partial charge in [0.25, 0.3) is 0 Å². The Labute approximate surface area is 118 Å². The first-order valence-corrected chi connectivity index (χ1v) is 6.71. The van der Waals surface area contributed by atoms with E-state index in [1.165, 1.54) is 6.92 Å². The van der Waals surface area contributed by atoms with E-state index >= 15 is 0 Å². The van der Waals surface area contributed by atoms with E-state index in [1.807, 2.05) is 20.8 Å². The van der Waals surface area contributed by atoms with Gasteiger partial charge in [-0.2, -0.15) is 0 Å². The summed E-state index contributed by atoms with van der Waals surface area (Å²) in [6.45, 7) is 7.23. The van der Waals surface area contributed by atoms with E-state index in [1.54, 1.807) is 0 Å². The highest BCUT2D eigenvalue weighted by molar-refractivity contribution is 5.73. The molecular weight excluding hydrogens is 266 g/mol. The summed E-state index contributed by atoms with van der Waals surface area (Å²) in [6, 6.07) is -0.784. The number of aliphatic hydroxyl groups excluding tert-OH is 2. The number of carbonyl (C=O) groups is 1. The Kier molecular flexibility index (Phi) is 4.10. The highest BCUT2D eigenvalue weighted by Gasteiger charge is 2.59. The van der Waals surface area contributed by atoms with Gasteiger partial charge in [0.05, 0.1) is 18.8 Å². The van der Waals surface area contributed by atoms with Crippen molar-refractivity contribution in [2.24, 2.45) is 0 Å². The van der Waals surface area contributed by atoms with Crippen LogP contribution in [0.1, 0.15) is 27.7 Å². The highest BCUT2D eigenvalue weighted by atomic mass is 16.8. The van der Waals surface area contributed by atoms with Gasteiger partial charge in [-0.3, -0.25) is 4.79 Å². The van der Waals surface area contributed by atoms with Crippen molar-refractivity contribution < 1.29 is 29.2 Å². The smallest absolute Gasteiger partial charge is 0.217 e. The van der Waals surface area contributed by atoms with E-state index in [4.69, 9.17) is 14.2 Å². The van der Waals surface area contributed by atoms with Gasteiger partial charge in [0.15, 0.2) is 6.29 Å². The molecule has 2 rings (SSSR count). The van der Waals surface area contributed by atoms with Gasteiger partial charge in [-0.1, -0.05) is 0 Å². The SMILES string of the molecule is CC(=O)N[C@H]1[C@@H]2OC[C@](COC(C)(C)C)(O2)[C@H](O)[C@@H]1O. The number of aliphatic hydroxyl groups is 2. The lowest BCUT2D eigenvalue weighted by atomic mass is 9.88. The van der Waals surface area contributed by atoms with Crippen molar-refractivity contribution in [2.45, 2.75) is 63.4 Å². The lowest BCUT2D eigenvalue weighted by Crippen LogP contribution is -2.66. The van der Waals surface area contributed by atoms with Crippen molar-refractivity contribution in [3.05, 3.63) is 0 Å². The van der Waals surface area contributed by atoms with Crippen molar-refractivity contribution in [2.75, 3.05) is 13.2 Å². The van der Waals surface area contributed by atoms with Gasteiger partial charge in [-0.15, -0.1) is 0 Å². The summed E-state index contributed by atoms with van der Waals surface area (Å²) in [6.07, 6.45) is -3.13. The first kappa shape index (κ1) is 15.7.